The quantitative estimate of drug-likeness (QED) is 0.129. The Bertz CT molecular complexity index is 1260. The van der Waals surface area contributed by atoms with Crippen LogP contribution in [0, 0.1) is 51.0 Å². The zero-order chi connectivity index (χ0) is 28.5. The van der Waals surface area contributed by atoms with Gasteiger partial charge in [-0.15, -0.1) is 40.9 Å². The van der Waals surface area contributed by atoms with Crippen LogP contribution in [0.1, 0.15) is 71.8 Å². The number of aryl methyl sites for hydroxylation is 2. The number of hydrogen-bond donors (Lipinski definition) is 0. The summed E-state index contributed by atoms with van der Waals surface area (Å²) in [6.45, 7) is 9.47. The number of carbonyl (C=O) groups is 1. The first kappa shape index (κ1) is 35.4. The molecule has 0 heterocycles. The van der Waals surface area contributed by atoms with Crippen LogP contribution in [0.3, 0.4) is 0 Å². The molecule has 0 unspecified atom stereocenters. The average molecular weight is 804 g/mol. The molecule has 0 saturated carbocycles. The van der Waals surface area contributed by atoms with Crippen molar-refractivity contribution in [3.05, 3.63) is 98.0 Å². The summed E-state index contributed by atoms with van der Waals surface area (Å²) in [6, 6.07) is 15.8. The van der Waals surface area contributed by atoms with E-state index in [-0.39, 0.29) is 50.1 Å². The third kappa shape index (κ3) is 11.8. The summed E-state index contributed by atoms with van der Waals surface area (Å²) in [5, 5.41) is 1.22. The Balaban J connectivity index is 0.000000492. The molecule has 0 amide bonds. The third-order valence-electron chi connectivity index (χ3n) is 5.55. The molecule has 3 nitrogen and oxygen atoms in total. The van der Waals surface area contributed by atoms with Gasteiger partial charge in [0.1, 0.15) is 0 Å². The largest absolute Gasteiger partial charge is 0.416 e. The van der Waals surface area contributed by atoms with Gasteiger partial charge in [0.15, 0.2) is 0 Å². The monoisotopic (exact) mass is 802 g/mol. The van der Waals surface area contributed by atoms with Crippen LogP contribution in [0.5, 0.6) is 0 Å². The van der Waals surface area contributed by atoms with Gasteiger partial charge in [-0.25, -0.2) is 0 Å². The van der Waals surface area contributed by atoms with Gasteiger partial charge in [0.25, 0.3) is 0 Å². The number of nitrogens with zero attached hydrogens (tertiary/aromatic N) is 1. The Labute approximate surface area is 262 Å². The summed E-state index contributed by atoms with van der Waals surface area (Å²) in [5.74, 6) is 0.0839. The average Bonchev–Trinajstić information content (AvgIpc) is 2.85. The second kappa shape index (κ2) is 16.6. The summed E-state index contributed by atoms with van der Waals surface area (Å²) in [7, 11) is 0. The molecule has 3 rings (SSSR count). The summed E-state index contributed by atoms with van der Waals surface area (Å²) in [4.78, 5) is 15.7. The minimum Gasteiger partial charge on any atom is -0.372 e. The van der Waals surface area contributed by atoms with E-state index in [1.807, 2.05) is 39.8 Å². The SMILES string of the molecule is CCC(=O)c1[c-]c(C)cc(Cl)c1.CCC(C)=Nc1c(C)cc(C(F)(F)F)cc1COCc1ccc(Cl)cc1.[U]. The maximum Gasteiger partial charge on any atom is 0.416 e. The van der Waals surface area contributed by atoms with Gasteiger partial charge < -0.3 is 9.53 Å². The molecule has 0 aliphatic rings. The van der Waals surface area contributed by atoms with E-state index in [0.29, 0.717) is 38.8 Å². The molecule has 0 radical (unpaired) electrons. The van der Waals surface area contributed by atoms with Gasteiger partial charge in [-0.3, -0.25) is 4.99 Å². The fraction of sp³-hybridized carbons (Fsp3) is 0.333. The molecule has 9 heteroatoms. The smallest absolute Gasteiger partial charge is 0.372 e. The second-order valence-electron chi connectivity index (χ2n) is 8.79. The van der Waals surface area contributed by atoms with E-state index in [1.54, 1.807) is 31.2 Å². The number of carbonyl (C=O) groups excluding carboxylic acids is 1. The molecule has 3 aromatic carbocycles. The van der Waals surface area contributed by atoms with Crippen molar-refractivity contribution in [1.82, 2.24) is 0 Å². The molecule has 0 saturated heterocycles. The van der Waals surface area contributed by atoms with Crippen LogP contribution in [0.4, 0.5) is 18.9 Å². The van der Waals surface area contributed by atoms with E-state index in [2.05, 4.69) is 11.1 Å². The fourth-order valence-corrected chi connectivity index (χ4v) is 3.83. The molecule has 0 aromatic heterocycles. The number of hydrogen-bond acceptors (Lipinski definition) is 3. The van der Waals surface area contributed by atoms with Crippen molar-refractivity contribution in [2.24, 2.45) is 4.99 Å². The first-order valence-electron chi connectivity index (χ1n) is 12.1. The normalized spacial score (nSPS) is 11.4. The van der Waals surface area contributed by atoms with Crippen LogP contribution < -0.4 is 0 Å². The van der Waals surface area contributed by atoms with Crippen molar-refractivity contribution in [2.45, 2.75) is 66.9 Å². The molecule has 0 aliphatic carbocycles. The first-order valence-corrected chi connectivity index (χ1v) is 12.9. The number of Topliss-reactive ketones (excluding diaryl/α,β-unsaturated/α-hetero) is 1. The predicted molar refractivity (Wildman–Crippen MR) is 149 cm³/mol. The number of halogens is 5. The molecule has 0 N–H and O–H groups in total. The van der Waals surface area contributed by atoms with Gasteiger partial charge >= 0.3 is 6.18 Å². The van der Waals surface area contributed by atoms with Crippen LogP contribution >= 0.6 is 23.2 Å². The van der Waals surface area contributed by atoms with E-state index < -0.39 is 11.7 Å². The summed E-state index contributed by atoms with van der Waals surface area (Å²) in [5.41, 5.74) is 4.01. The minimum absolute atomic E-state index is 0. The molecule has 0 aliphatic heterocycles. The molecule has 0 fully saturated rings. The second-order valence-corrected chi connectivity index (χ2v) is 9.66. The van der Waals surface area contributed by atoms with E-state index in [0.717, 1.165) is 35.4 Å². The topological polar surface area (TPSA) is 38.7 Å². The van der Waals surface area contributed by atoms with Gasteiger partial charge in [0.2, 0.25) is 0 Å². The molecule has 0 bridgehead atoms. The van der Waals surface area contributed by atoms with Crippen LogP contribution in [0.25, 0.3) is 0 Å². The van der Waals surface area contributed by atoms with Crippen LogP contribution in [-0.2, 0) is 24.1 Å². The maximum absolute atomic E-state index is 13.1. The number of benzene rings is 3. The van der Waals surface area contributed by atoms with E-state index in [4.69, 9.17) is 27.9 Å². The minimum atomic E-state index is -4.41. The first-order chi connectivity index (χ1) is 17.8. The Morgan fingerprint density at radius 2 is 1.59 bits per heavy atom. The number of aliphatic imine (C=N–C) groups is 1. The molecular formula is C30H31Cl2F3NO2U-. The van der Waals surface area contributed by atoms with Crippen LogP contribution in [0.15, 0.2) is 53.5 Å². The number of rotatable bonds is 8. The molecule has 208 valence electrons. The summed E-state index contributed by atoms with van der Waals surface area (Å²) >= 11 is 11.6. The fourth-order valence-electron chi connectivity index (χ4n) is 3.43. The Morgan fingerprint density at radius 1 is 0.949 bits per heavy atom. The van der Waals surface area contributed by atoms with Crippen LogP contribution in [0.2, 0.25) is 10.0 Å². The Kier molecular flexibility index (Phi) is 15.1. The van der Waals surface area contributed by atoms with Gasteiger partial charge in [0.05, 0.1) is 30.2 Å². The van der Waals surface area contributed by atoms with Crippen molar-refractivity contribution in [2.75, 3.05) is 0 Å². The summed E-state index contributed by atoms with van der Waals surface area (Å²) in [6.07, 6.45) is -3.18. The molecule has 0 spiro atoms. The van der Waals surface area contributed by atoms with Crippen molar-refractivity contribution in [3.8, 4) is 0 Å². The number of ketones is 1. The maximum atomic E-state index is 13.1. The third-order valence-corrected chi connectivity index (χ3v) is 6.02. The molecular weight excluding hydrogens is 772 g/mol. The van der Waals surface area contributed by atoms with Gasteiger partial charge in [-0.05, 0) is 67.1 Å². The molecule has 39 heavy (non-hydrogen) atoms. The number of alkyl halides is 3. The Morgan fingerprint density at radius 3 is 2.13 bits per heavy atom. The van der Waals surface area contributed by atoms with Gasteiger partial charge in [-0.2, -0.15) is 13.2 Å². The van der Waals surface area contributed by atoms with Crippen molar-refractivity contribution < 1.29 is 53.8 Å². The van der Waals surface area contributed by atoms with Crippen LogP contribution in [-0.4, -0.2) is 11.5 Å². The molecule has 0 atom stereocenters. The number of ether oxygens (including phenoxy) is 1. The summed E-state index contributed by atoms with van der Waals surface area (Å²) < 4.78 is 45.1. The zero-order valence-electron chi connectivity index (χ0n) is 22.6. The van der Waals surface area contributed by atoms with E-state index >= 15 is 0 Å². The standard InChI is InChI=1S/C20H21ClF3NO.C10H10ClO.U/c1-4-14(3)25-19-13(2)9-17(20(22,23)24)10-16(19)12-26-11-15-5-7-18(21)8-6-15;1-3-10(12)8-4-7(2)5-9(11)6-8;/h5-10H,4,11-12H2,1-3H3;5-6H,3H2,1-2H3;/q;-1;. The Hall–Kier alpha value is -1.62. The van der Waals surface area contributed by atoms with Crippen molar-refractivity contribution >= 4 is 40.4 Å². The predicted octanol–water partition coefficient (Wildman–Crippen LogP) is 9.93. The molecule has 3 aromatic rings. The zero-order valence-corrected chi connectivity index (χ0v) is 28.3. The van der Waals surface area contributed by atoms with Crippen molar-refractivity contribution in [1.29, 1.82) is 0 Å². The van der Waals surface area contributed by atoms with E-state index in [1.165, 1.54) is 0 Å². The van der Waals surface area contributed by atoms with Crippen molar-refractivity contribution in [3.63, 3.8) is 0 Å². The van der Waals surface area contributed by atoms with E-state index in [9.17, 15) is 18.0 Å². The van der Waals surface area contributed by atoms with Gasteiger partial charge in [-0.1, -0.05) is 44.5 Å². The van der Waals surface area contributed by atoms with Gasteiger partial charge in [0, 0.05) is 47.4 Å².